The van der Waals surface area contributed by atoms with Gasteiger partial charge in [0.05, 0.1) is 18.0 Å². The number of rotatable bonds is 4. The van der Waals surface area contributed by atoms with Crippen LogP contribution in [0.1, 0.15) is 5.56 Å². The Labute approximate surface area is 138 Å². The van der Waals surface area contributed by atoms with Crippen LogP contribution >= 0.6 is 11.3 Å². The molecule has 0 saturated carbocycles. The summed E-state index contributed by atoms with van der Waals surface area (Å²) < 4.78 is 15.1. The first-order chi connectivity index (χ1) is 11.2. The van der Waals surface area contributed by atoms with Crippen molar-refractivity contribution in [1.82, 2.24) is 4.57 Å². The first-order valence-corrected chi connectivity index (χ1v) is 8.22. The minimum Gasteiger partial charge on any atom is -0.395 e. The largest absolute Gasteiger partial charge is 0.395 e. The van der Waals surface area contributed by atoms with Crippen LogP contribution in [0.25, 0.3) is 11.3 Å². The van der Waals surface area contributed by atoms with E-state index < -0.39 is 0 Å². The SMILES string of the molecule is Cc1ccc(N=c2scc(-c3ccc(F)cc3)n2CCO)cc1. The van der Waals surface area contributed by atoms with Crippen molar-refractivity contribution >= 4 is 17.0 Å². The Morgan fingerprint density at radius 1 is 1.09 bits per heavy atom. The van der Waals surface area contributed by atoms with Gasteiger partial charge < -0.3 is 9.67 Å². The first-order valence-electron chi connectivity index (χ1n) is 7.34. The zero-order valence-corrected chi connectivity index (χ0v) is 13.6. The van der Waals surface area contributed by atoms with E-state index in [1.54, 1.807) is 12.1 Å². The molecule has 0 spiro atoms. The number of aliphatic hydroxyl groups excluding tert-OH is 1. The normalized spacial score (nSPS) is 11.9. The number of aryl methyl sites for hydroxylation is 1. The molecule has 3 aromatic rings. The lowest BCUT2D eigenvalue weighted by atomic mass is 10.2. The van der Waals surface area contributed by atoms with E-state index in [-0.39, 0.29) is 12.4 Å². The van der Waals surface area contributed by atoms with Crippen molar-refractivity contribution in [2.24, 2.45) is 4.99 Å². The summed E-state index contributed by atoms with van der Waals surface area (Å²) in [5.41, 5.74) is 3.89. The summed E-state index contributed by atoms with van der Waals surface area (Å²) in [6, 6.07) is 14.3. The molecule has 0 radical (unpaired) electrons. The van der Waals surface area contributed by atoms with Gasteiger partial charge in [0, 0.05) is 11.9 Å². The molecule has 0 aliphatic carbocycles. The van der Waals surface area contributed by atoms with Crippen molar-refractivity contribution in [3.05, 3.63) is 70.1 Å². The van der Waals surface area contributed by atoms with Crippen LogP contribution in [0.15, 0.2) is 58.9 Å². The van der Waals surface area contributed by atoms with Crippen LogP contribution in [0.3, 0.4) is 0 Å². The Hall–Kier alpha value is -2.24. The van der Waals surface area contributed by atoms with Gasteiger partial charge in [0.25, 0.3) is 0 Å². The Morgan fingerprint density at radius 2 is 1.78 bits per heavy atom. The summed E-state index contributed by atoms with van der Waals surface area (Å²) in [7, 11) is 0. The van der Waals surface area contributed by atoms with E-state index in [0.717, 1.165) is 21.7 Å². The highest BCUT2D eigenvalue weighted by Gasteiger charge is 2.08. The molecule has 2 aromatic carbocycles. The highest BCUT2D eigenvalue weighted by Crippen LogP contribution is 2.21. The second kappa shape index (κ2) is 6.89. The van der Waals surface area contributed by atoms with Crippen molar-refractivity contribution in [1.29, 1.82) is 0 Å². The molecule has 0 aliphatic rings. The van der Waals surface area contributed by atoms with Gasteiger partial charge in [-0.1, -0.05) is 17.7 Å². The number of benzene rings is 2. The average Bonchev–Trinajstić information content (AvgIpc) is 2.94. The Morgan fingerprint density at radius 3 is 2.43 bits per heavy atom. The van der Waals surface area contributed by atoms with E-state index in [1.807, 2.05) is 41.1 Å². The molecule has 118 valence electrons. The van der Waals surface area contributed by atoms with Crippen molar-refractivity contribution < 1.29 is 9.50 Å². The van der Waals surface area contributed by atoms with Crippen molar-refractivity contribution in [2.75, 3.05) is 6.61 Å². The maximum atomic E-state index is 13.1. The zero-order valence-electron chi connectivity index (χ0n) is 12.7. The number of nitrogens with zero attached hydrogens (tertiary/aromatic N) is 2. The lowest BCUT2D eigenvalue weighted by Crippen LogP contribution is -2.17. The number of thiazole rings is 1. The monoisotopic (exact) mass is 328 g/mol. The molecule has 0 amide bonds. The van der Waals surface area contributed by atoms with Crippen LogP contribution in [-0.4, -0.2) is 16.3 Å². The summed E-state index contributed by atoms with van der Waals surface area (Å²) in [6.45, 7) is 2.50. The van der Waals surface area contributed by atoms with Gasteiger partial charge in [-0.25, -0.2) is 9.38 Å². The van der Waals surface area contributed by atoms with Crippen molar-refractivity contribution in [2.45, 2.75) is 13.5 Å². The highest BCUT2D eigenvalue weighted by molar-refractivity contribution is 7.07. The van der Waals surface area contributed by atoms with Gasteiger partial charge in [0.1, 0.15) is 5.82 Å². The maximum absolute atomic E-state index is 13.1. The quantitative estimate of drug-likeness (QED) is 0.775. The van der Waals surface area contributed by atoms with E-state index in [4.69, 9.17) is 0 Å². The van der Waals surface area contributed by atoms with Crippen LogP contribution in [0, 0.1) is 12.7 Å². The van der Waals surface area contributed by atoms with Gasteiger partial charge in [0.15, 0.2) is 4.80 Å². The summed E-state index contributed by atoms with van der Waals surface area (Å²) in [5, 5.41) is 11.3. The van der Waals surface area contributed by atoms with Crippen LogP contribution in [0.2, 0.25) is 0 Å². The van der Waals surface area contributed by atoms with Gasteiger partial charge in [-0.05, 0) is 48.9 Å². The third-order valence-corrected chi connectivity index (χ3v) is 4.38. The van der Waals surface area contributed by atoms with Gasteiger partial charge in [-0.3, -0.25) is 0 Å². The molecule has 0 unspecified atom stereocenters. The molecular formula is C18H17FN2OS. The lowest BCUT2D eigenvalue weighted by Gasteiger charge is -2.07. The van der Waals surface area contributed by atoms with Gasteiger partial charge in [-0.15, -0.1) is 11.3 Å². The molecule has 0 aliphatic heterocycles. The lowest BCUT2D eigenvalue weighted by molar-refractivity contribution is 0.275. The standard InChI is InChI=1S/C18H17FN2OS/c1-13-2-8-16(9-3-13)20-18-21(10-11-22)17(12-23-18)14-4-6-15(19)7-5-14/h2-9,12,22H,10-11H2,1H3. The number of halogens is 1. The number of aromatic nitrogens is 1. The van der Waals surface area contributed by atoms with Crippen LogP contribution in [0.5, 0.6) is 0 Å². The number of hydrogen-bond acceptors (Lipinski definition) is 3. The molecule has 0 saturated heterocycles. The van der Waals surface area contributed by atoms with Gasteiger partial charge in [0.2, 0.25) is 0 Å². The second-order valence-electron chi connectivity index (χ2n) is 5.23. The summed E-state index contributed by atoms with van der Waals surface area (Å²) in [4.78, 5) is 5.47. The molecular weight excluding hydrogens is 311 g/mol. The second-order valence-corrected chi connectivity index (χ2v) is 6.07. The van der Waals surface area contributed by atoms with Crippen LogP contribution in [0.4, 0.5) is 10.1 Å². The van der Waals surface area contributed by atoms with E-state index >= 15 is 0 Å². The predicted molar refractivity (Wildman–Crippen MR) is 91.2 cm³/mol. The Bertz CT molecular complexity index is 848. The predicted octanol–water partition coefficient (Wildman–Crippen LogP) is 3.89. The van der Waals surface area contributed by atoms with E-state index in [0.29, 0.717) is 6.54 Å². The van der Waals surface area contributed by atoms with Crippen LogP contribution < -0.4 is 4.80 Å². The van der Waals surface area contributed by atoms with E-state index in [2.05, 4.69) is 4.99 Å². The first kappa shape index (κ1) is 15.6. The summed E-state index contributed by atoms with van der Waals surface area (Å²) >= 11 is 1.51. The minimum atomic E-state index is -0.262. The number of hydrogen-bond donors (Lipinski definition) is 1. The molecule has 1 heterocycles. The topological polar surface area (TPSA) is 37.5 Å². The van der Waals surface area contributed by atoms with Crippen LogP contribution in [-0.2, 0) is 6.54 Å². The zero-order chi connectivity index (χ0) is 16.2. The fourth-order valence-corrected chi connectivity index (χ4v) is 3.27. The molecule has 3 nitrogen and oxygen atoms in total. The molecule has 1 aromatic heterocycles. The summed E-state index contributed by atoms with van der Waals surface area (Å²) in [6.07, 6.45) is 0. The smallest absolute Gasteiger partial charge is 0.190 e. The Balaban J connectivity index is 2.08. The fourth-order valence-electron chi connectivity index (χ4n) is 2.32. The molecule has 0 bridgehead atoms. The highest BCUT2D eigenvalue weighted by atomic mass is 32.1. The summed E-state index contributed by atoms with van der Waals surface area (Å²) in [5.74, 6) is -0.262. The minimum absolute atomic E-state index is 0.0199. The molecule has 5 heteroatoms. The Kier molecular flexibility index (Phi) is 4.69. The van der Waals surface area contributed by atoms with Gasteiger partial charge >= 0.3 is 0 Å². The fraction of sp³-hybridized carbons (Fsp3) is 0.167. The van der Waals surface area contributed by atoms with E-state index in [9.17, 15) is 9.50 Å². The molecule has 0 atom stereocenters. The average molecular weight is 328 g/mol. The molecule has 0 fully saturated rings. The number of aliphatic hydroxyl groups is 1. The molecule has 1 N–H and O–H groups in total. The third-order valence-electron chi connectivity index (χ3n) is 3.52. The maximum Gasteiger partial charge on any atom is 0.190 e. The van der Waals surface area contributed by atoms with E-state index in [1.165, 1.54) is 29.0 Å². The third kappa shape index (κ3) is 3.57. The molecule has 3 rings (SSSR count). The van der Waals surface area contributed by atoms with Gasteiger partial charge in [-0.2, -0.15) is 0 Å². The van der Waals surface area contributed by atoms with Crippen molar-refractivity contribution in [3.8, 4) is 11.3 Å². The van der Waals surface area contributed by atoms with Crippen molar-refractivity contribution in [3.63, 3.8) is 0 Å². The molecule has 23 heavy (non-hydrogen) atoms.